The first-order valence-electron chi connectivity index (χ1n) is 4.89. The maximum atomic E-state index is 12.3. The van der Waals surface area contributed by atoms with Crippen LogP contribution < -0.4 is 4.74 Å². The smallest absolute Gasteiger partial charge is 0.387 e. The maximum absolute atomic E-state index is 12.3. The number of aryl methyl sites for hydroxylation is 1. The summed E-state index contributed by atoms with van der Waals surface area (Å²) in [6.45, 7) is -2.01. The number of carboxylic acids is 1. The Kier molecular flexibility index (Phi) is 4.33. The van der Waals surface area contributed by atoms with Crippen LogP contribution in [0.5, 0.6) is 5.75 Å². The molecule has 0 saturated heterocycles. The number of benzene rings is 1. The van der Waals surface area contributed by atoms with Crippen molar-refractivity contribution in [1.29, 1.82) is 0 Å². The molecule has 1 atom stereocenters. The van der Waals surface area contributed by atoms with Crippen LogP contribution in [0.15, 0.2) is 12.1 Å². The summed E-state index contributed by atoms with van der Waals surface area (Å²) >= 11 is 0. The molecule has 0 radical (unpaired) electrons. The van der Waals surface area contributed by atoms with Gasteiger partial charge in [0.25, 0.3) is 5.69 Å². The van der Waals surface area contributed by atoms with E-state index in [2.05, 4.69) is 4.74 Å². The molecule has 0 spiro atoms. The van der Waals surface area contributed by atoms with Crippen molar-refractivity contribution < 1.29 is 33.4 Å². The normalized spacial score (nSPS) is 12.3. The van der Waals surface area contributed by atoms with Crippen molar-refractivity contribution >= 4 is 11.7 Å². The minimum Gasteiger partial charge on any atom is -0.479 e. The first-order valence-corrected chi connectivity index (χ1v) is 4.89. The molecule has 1 unspecified atom stereocenters. The molecule has 1 aromatic rings. The number of aliphatic hydroxyl groups is 1. The lowest BCUT2D eigenvalue weighted by Gasteiger charge is -2.15. The average Bonchev–Trinajstić information content (AvgIpc) is 2.29. The summed E-state index contributed by atoms with van der Waals surface area (Å²) < 4.78 is 28.6. The molecule has 0 aliphatic carbocycles. The number of aliphatic hydroxyl groups excluding tert-OH is 1. The maximum Gasteiger partial charge on any atom is 0.387 e. The van der Waals surface area contributed by atoms with Gasteiger partial charge in [-0.2, -0.15) is 8.78 Å². The highest BCUT2D eigenvalue weighted by atomic mass is 19.3. The highest BCUT2D eigenvalue weighted by molar-refractivity contribution is 5.78. The van der Waals surface area contributed by atoms with Crippen LogP contribution in [0.1, 0.15) is 17.2 Å². The first-order chi connectivity index (χ1) is 8.75. The molecule has 0 amide bonds. The molecule has 104 valence electrons. The monoisotopic (exact) mass is 277 g/mol. The second-order valence-corrected chi connectivity index (χ2v) is 3.52. The topological polar surface area (TPSA) is 110 Å². The van der Waals surface area contributed by atoms with E-state index in [1.54, 1.807) is 0 Å². The molecule has 0 fully saturated rings. The number of nitro groups is 1. The third kappa shape index (κ3) is 3.13. The molecule has 0 heterocycles. The number of ether oxygens (including phenoxy) is 1. The molecule has 0 aliphatic rings. The number of aliphatic carboxylic acids is 1. The zero-order valence-corrected chi connectivity index (χ0v) is 9.54. The van der Waals surface area contributed by atoms with Gasteiger partial charge in [-0.25, -0.2) is 4.79 Å². The summed E-state index contributed by atoms with van der Waals surface area (Å²) in [5.74, 6) is -2.52. The number of nitro benzene ring substituents is 1. The fourth-order valence-electron chi connectivity index (χ4n) is 1.49. The van der Waals surface area contributed by atoms with Crippen molar-refractivity contribution in [2.24, 2.45) is 0 Å². The molecule has 7 nitrogen and oxygen atoms in total. The zero-order chi connectivity index (χ0) is 14.7. The van der Waals surface area contributed by atoms with Crippen LogP contribution in [0.2, 0.25) is 0 Å². The highest BCUT2D eigenvalue weighted by Crippen LogP contribution is 2.37. The third-order valence-electron chi connectivity index (χ3n) is 2.28. The van der Waals surface area contributed by atoms with Gasteiger partial charge in [0.15, 0.2) is 6.10 Å². The van der Waals surface area contributed by atoms with Gasteiger partial charge < -0.3 is 14.9 Å². The van der Waals surface area contributed by atoms with Crippen molar-refractivity contribution in [3.05, 3.63) is 33.4 Å². The number of halogens is 2. The summed E-state index contributed by atoms with van der Waals surface area (Å²) in [5, 5.41) is 28.8. The molecular formula is C10H9F2NO6. The summed E-state index contributed by atoms with van der Waals surface area (Å²) in [5.41, 5.74) is -1.57. The first kappa shape index (κ1) is 14.8. The number of carboxylic acid groups (broad SMARTS) is 1. The molecule has 0 bridgehead atoms. The van der Waals surface area contributed by atoms with Crippen molar-refractivity contribution in [3.63, 3.8) is 0 Å². The lowest BCUT2D eigenvalue weighted by Crippen LogP contribution is -2.16. The molecule has 0 aromatic heterocycles. The highest BCUT2D eigenvalue weighted by Gasteiger charge is 2.32. The Bertz CT molecular complexity index is 519. The Balaban J connectivity index is 3.53. The minimum absolute atomic E-state index is 0.0428. The van der Waals surface area contributed by atoms with Crippen LogP contribution in [0.4, 0.5) is 14.5 Å². The molecule has 1 rings (SSSR count). The van der Waals surface area contributed by atoms with E-state index >= 15 is 0 Å². The lowest BCUT2D eigenvalue weighted by molar-refractivity contribution is -0.386. The lowest BCUT2D eigenvalue weighted by atomic mass is 10.0. The molecule has 1 aromatic carbocycles. The van der Waals surface area contributed by atoms with E-state index in [1.807, 2.05) is 0 Å². The van der Waals surface area contributed by atoms with E-state index in [0.29, 0.717) is 0 Å². The number of hydrogen-bond donors (Lipinski definition) is 2. The van der Waals surface area contributed by atoms with E-state index in [9.17, 15) is 28.8 Å². The third-order valence-corrected chi connectivity index (χ3v) is 2.28. The van der Waals surface area contributed by atoms with Gasteiger partial charge in [0.1, 0.15) is 11.3 Å². The summed E-state index contributed by atoms with van der Waals surface area (Å²) in [4.78, 5) is 20.5. The average molecular weight is 277 g/mol. The molecule has 9 heteroatoms. The molecule has 0 saturated carbocycles. The van der Waals surface area contributed by atoms with Gasteiger partial charge in [-0.05, 0) is 18.6 Å². The molecular weight excluding hydrogens is 268 g/mol. The van der Waals surface area contributed by atoms with Gasteiger partial charge in [0, 0.05) is 6.07 Å². The molecule has 19 heavy (non-hydrogen) atoms. The van der Waals surface area contributed by atoms with Crippen molar-refractivity contribution in [1.82, 2.24) is 0 Å². The number of alkyl halides is 2. The van der Waals surface area contributed by atoms with E-state index in [4.69, 9.17) is 5.11 Å². The summed E-state index contributed by atoms with van der Waals surface area (Å²) in [7, 11) is 0. The van der Waals surface area contributed by atoms with Gasteiger partial charge >= 0.3 is 12.6 Å². The number of nitrogens with zero attached hydrogens (tertiary/aromatic N) is 1. The van der Waals surface area contributed by atoms with Crippen LogP contribution in [0.3, 0.4) is 0 Å². The van der Waals surface area contributed by atoms with Crippen molar-refractivity contribution in [2.75, 3.05) is 0 Å². The van der Waals surface area contributed by atoms with Crippen molar-refractivity contribution in [2.45, 2.75) is 19.6 Å². The standard InChI is InChI=1S/C10H9F2NO6/c1-4-2-3-5(13(17)18)6(7(14)9(15)16)8(4)19-10(11)12/h2-3,7,10,14H,1H3,(H,15,16). The predicted molar refractivity (Wildman–Crippen MR) is 57.1 cm³/mol. The Morgan fingerprint density at radius 1 is 1.47 bits per heavy atom. The number of carbonyl (C=O) groups is 1. The van der Waals surface area contributed by atoms with Crippen LogP contribution in [-0.4, -0.2) is 27.7 Å². The van der Waals surface area contributed by atoms with E-state index in [0.717, 1.165) is 12.1 Å². The summed E-state index contributed by atoms with van der Waals surface area (Å²) in [6.07, 6.45) is -2.34. The Labute approximate surface area is 105 Å². The largest absolute Gasteiger partial charge is 0.479 e. The number of rotatable bonds is 5. The number of hydrogen-bond acceptors (Lipinski definition) is 5. The SMILES string of the molecule is Cc1ccc([N+](=O)[O-])c(C(O)C(=O)O)c1OC(F)F. The summed E-state index contributed by atoms with van der Waals surface area (Å²) in [6, 6.07) is 2.03. The Morgan fingerprint density at radius 2 is 2.05 bits per heavy atom. The molecule has 2 N–H and O–H groups in total. The molecule has 0 aliphatic heterocycles. The van der Waals surface area contributed by atoms with E-state index < -0.39 is 40.6 Å². The van der Waals surface area contributed by atoms with Crippen molar-refractivity contribution in [3.8, 4) is 5.75 Å². The van der Waals surface area contributed by atoms with Gasteiger partial charge in [-0.1, -0.05) is 0 Å². The minimum atomic E-state index is -3.31. The van der Waals surface area contributed by atoms with Gasteiger partial charge in [-0.3, -0.25) is 10.1 Å². The second kappa shape index (κ2) is 5.57. The second-order valence-electron chi connectivity index (χ2n) is 3.52. The van der Waals surface area contributed by atoms with E-state index in [1.165, 1.54) is 6.92 Å². The van der Waals surface area contributed by atoms with Crippen LogP contribution in [0, 0.1) is 17.0 Å². The van der Waals surface area contributed by atoms with Gasteiger partial charge in [0.2, 0.25) is 0 Å². The van der Waals surface area contributed by atoms with Crippen LogP contribution in [0.25, 0.3) is 0 Å². The quantitative estimate of drug-likeness (QED) is 0.625. The fraction of sp³-hybridized carbons (Fsp3) is 0.300. The van der Waals surface area contributed by atoms with Crippen LogP contribution in [-0.2, 0) is 4.79 Å². The Hall–Kier alpha value is -2.29. The predicted octanol–water partition coefficient (Wildman–Crippen LogP) is 1.62. The van der Waals surface area contributed by atoms with E-state index in [-0.39, 0.29) is 5.56 Å². The Morgan fingerprint density at radius 3 is 2.47 bits per heavy atom. The van der Waals surface area contributed by atoms with Gasteiger partial charge in [-0.15, -0.1) is 0 Å². The van der Waals surface area contributed by atoms with Gasteiger partial charge in [0.05, 0.1) is 4.92 Å². The van der Waals surface area contributed by atoms with Crippen LogP contribution >= 0.6 is 0 Å². The zero-order valence-electron chi connectivity index (χ0n) is 9.54. The fourth-order valence-corrected chi connectivity index (χ4v) is 1.49.